The lowest BCUT2D eigenvalue weighted by atomic mass is 9.87. The molecule has 2 atom stereocenters. The molecule has 30 heavy (non-hydrogen) atoms. The number of hydrogen-bond donors (Lipinski definition) is 1. The molecule has 1 aromatic carbocycles. The van der Waals surface area contributed by atoms with E-state index in [1.54, 1.807) is 12.5 Å². The van der Waals surface area contributed by atoms with Gasteiger partial charge in [-0.25, -0.2) is 9.97 Å². The fraction of sp³-hybridized carbons (Fsp3) is 0.174. The lowest BCUT2D eigenvalue weighted by Gasteiger charge is -2.25. The van der Waals surface area contributed by atoms with Gasteiger partial charge in [0.25, 0.3) is 0 Å². The lowest BCUT2D eigenvalue weighted by Crippen LogP contribution is -2.22. The van der Waals surface area contributed by atoms with E-state index in [9.17, 15) is 5.26 Å². The summed E-state index contributed by atoms with van der Waals surface area (Å²) in [6, 6.07) is 14.4. The van der Waals surface area contributed by atoms with Crippen molar-refractivity contribution in [1.29, 1.82) is 5.26 Å². The standard InChI is InChI=1S/C23H19N7/c24-8-6-21(18-10-17(11-25-12-18)16-4-2-1-3-5-16)30-14-19(13-29-30)22-20-7-9-26-23(20)28-15-27-22/h1-5,7,9,11-15,18,21H,6,10H2,(H,26,27,28). The number of rotatable bonds is 5. The maximum atomic E-state index is 9.47. The van der Waals surface area contributed by atoms with Crippen molar-refractivity contribution >= 4 is 22.8 Å². The molecule has 7 nitrogen and oxygen atoms in total. The van der Waals surface area contributed by atoms with E-state index in [-0.39, 0.29) is 12.0 Å². The van der Waals surface area contributed by atoms with Gasteiger partial charge in [-0.3, -0.25) is 9.67 Å². The van der Waals surface area contributed by atoms with Gasteiger partial charge in [0.15, 0.2) is 0 Å². The fourth-order valence-corrected chi connectivity index (χ4v) is 3.96. The summed E-state index contributed by atoms with van der Waals surface area (Å²) in [5.41, 5.74) is 4.84. The topological polar surface area (TPSA) is 95.5 Å². The Morgan fingerprint density at radius 3 is 2.93 bits per heavy atom. The van der Waals surface area contributed by atoms with Gasteiger partial charge in [0.2, 0.25) is 0 Å². The summed E-state index contributed by atoms with van der Waals surface area (Å²) in [6.07, 6.45) is 12.2. The first-order chi connectivity index (χ1) is 14.8. The first-order valence-corrected chi connectivity index (χ1v) is 9.81. The van der Waals surface area contributed by atoms with Crippen molar-refractivity contribution in [3.63, 3.8) is 0 Å². The Kier molecular flexibility index (Phi) is 4.66. The van der Waals surface area contributed by atoms with Gasteiger partial charge >= 0.3 is 0 Å². The minimum absolute atomic E-state index is 0.0790. The number of nitrogens with zero attached hydrogens (tertiary/aromatic N) is 6. The van der Waals surface area contributed by atoms with Crippen LogP contribution in [0.15, 0.2) is 72.5 Å². The van der Waals surface area contributed by atoms with Gasteiger partial charge in [0.05, 0.1) is 30.4 Å². The van der Waals surface area contributed by atoms with Gasteiger partial charge < -0.3 is 4.98 Å². The van der Waals surface area contributed by atoms with Crippen molar-refractivity contribution in [2.45, 2.75) is 18.9 Å². The molecule has 3 aromatic heterocycles. The fourth-order valence-electron chi connectivity index (χ4n) is 3.96. The molecule has 0 fully saturated rings. The molecule has 4 heterocycles. The molecule has 0 saturated carbocycles. The first kappa shape index (κ1) is 18.0. The third-order valence-electron chi connectivity index (χ3n) is 5.47. The van der Waals surface area contributed by atoms with Crippen LogP contribution in [0, 0.1) is 17.2 Å². The Bertz CT molecular complexity index is 1270. The molecule has 1 N–H and O–H groups in total. The molecule has 5 rings (SSSR count). The summed E-state index contributed by atoms with van der Waals surface area (Å²) in [5.74, 6) is 0.0790. The SMILES string of the molecule is N#CCC(C1C=NC=C(c2ccccc2)C1)n1cc(-c2ncnc3[nH]ccc23)cn1. The Labute approximate surface area is 173 Å². The van der Waals surface area contributed by atoms with Crippen LogP contribution in [0.4, 0.5) is 0 Å². The highest BCUT2D eigenvalue weighted by atomic mass is 15.3. The summed E-state index contributed by atoms with van der Waals surface area (Å²) in [5, 5.41) is 15.0. The molecular formula is C23H19N7. The van der Waals surface area contributed by atoms with E-state index < -0.39 is 0 Å². The summed E-state index contributed by atoms with van der Waals surface area (Å²) in [7, 11) is 0. The second kappa shape index (κ2) is 7.76. The molecular weight excluding hydrogens is 374 g/mol. The maximum Gasteiger partial charge on any atom is 0.141 e. The van der Waals surface area contributed by atoms with Crippen LogP contribution in [-0.4, -0.2) is 30.9 Å². The highest BCUT2D eigenvalue weighted by molar-refractivity contribution is 5.90. The number of benzene rings is 1. The highest BCUT2D eigenvalue weighted by Crippen LogP contribution is 2.34. The smallest absolute Gasteiger partial charge is 0.141 e. The van der Waals surface area contributed by atoms with Crippen molar-refractivity contribution in [3.05, 3.63) is 73.1 Å². The Hall–Kier alpha value is -4.05. The predicted molar refractivity (Wildman–Crippen MR) is 115 cm³/mol. The number of H-pyrrole nitrogens is 1. The first-order valence-electron chi connectivity index (χ1n) is 9.81. The van der Waals surface area contributed by atoms with E-state index in [4.69, 9.17) is 0 Å². The van der Waals surface area contributed by atoms with Gasteiger partial charge in [-0.1, -0.05) is 30.3 Å². The zero-order chi connectivity index (χ0) is 20.3. The van der Waals surface area contributed by atoms with Crippen LogP contribution in [0.2, 0.25) is 0 Å². The van der Waals surface area contributed by atoms with Crippen LogP contribution in [0.3, 0.4) is 0 Å². The van der Waals surface area contributed by atoms with Crippen molar-refractivity contribution in [1.82, 2.24) is 24.7 Å². The Balaban J connectivity index is 1.45. The van der Waals surface area contributed by atoms with Crippen LogP contribution in [0.25, 0.3) is 27.9 Å². The molecule has 0 spiro atoms. The summed E-state index contributed by atoms with van der Waals surface area (Å²) in [6.45, 7) is 0. The van der Waals surface area contributed by atoms with Gasteiger partial charge in [-0.15, -0.1) is 0 Å². The zero-order valence-electron chi connectivity index (χ0n) is 16.2. The molecule has 1 aliphatic heterocycles. The third kappa shape index (κ3) is 3.29. The van der Waals surface area contributed by atoms with Gasteiger partial charge in [0.1, 0.15) is 12.0 Å². The number of aliphatic imine (C=N–C) groups is 1. The second-order valence-corrected chi connectivity index (χ2v) is 7.29. The van der Waals surface area contributed by atoms with Crippen molar-refractivity contribution in [3.8, 4) is 17.3 Å². The molecule has 1 aliphatic rings. The second-order valence-electron chi connectivity index (χ2n) is 7.29. The average molecular weight is 393 g/mol. The van der Waals surface area contributed by atoms with Crippen LogP contribution in [-0.2, 0) is 0 Å². The highest BCUT2D eigenvalue weighted by Gasteiger charge is 2.26. The van der Waals surface area contributed by atoms with E-state index in [2.05, 4.69) is 43.2 Å². The molecule has 0 radical (unpaired) electrons. The quantitative estimate of drug-likeness (QED) is 0.543. The van der Waals surface area contributed by atoms with E-state index >= 15 is 0 Å². The molecule has 0 amide bonds. The summed E-state index contributed by atoms with van der Waals surface area (Å²) >= 11 is 0. The van der Waals surface area contributed by atoms with Crippen LogP contribution in [0.5, 0.6) is 0 Å². The van der Waals surface area contributed by atoms with E-state index in [1.165, 1.54) is 5.57 Å². The van der Waals surface area contributed by atoms with E-state index in [1.807, 2.05) is 53.8 Å². The zero-order valence-corrected chi connectivity index (χ0v) is 16.2. The summed E-state index contributed by atoms with van der Waals surface area (Å²) in [4.78, 5) is 16.3. The van der Waals surface area contributed by atoms with E-state index in [0.29, 0.717) is 6.42 Å². The van der Waals surface area contributed by atoms with Crippen molar-refractivity contribution in [2.75, 3.05) is 0 Å². The molecule has 0 aliphatic carbocycles. The molecule has 0 saturated heterocycles. The predicted octanol–water partition coefficient (Wildman–Crippen LogP) is 4.41. The molecule has 0 bridgehead atoms. The van der Waals surface area contributed by atoms with Crippen molar-refractivity contribution < 1.29 is 0 Å². The molecule has 146 valence electrons. The number of aromatic nitrogens is 5. The van der Waals surface area contributed by atoms with Crippen LogP contribution < -0.4 is 0 Å². The largest absolute Gasteiger partial charge is 0.346 e. The minimum atomic E-state index is -0.108. The number of fused-ring (bicyclic) bond motifs is 1. The molecule has 2 unspecified atom stereocenters. The Morgan fingerprint density at radius 1 is 1.17 bits per heavy atom. The van der Waals surface area contributed by atoms with Gasteiger partial charge in [-0.2, -0.15) is 10.4 Å². The minimum Gasteiger partial charge on any atom is -0.346 e. The average Bonchev–Trinajstić information content (AvgIpc) is 3.48. The lowest BCUT2D eigenvalue weighted by molar-refractivity contribution is 0.385. The maximum absolute atomic E-state index is 9.47. The van der Waals surface area contributed by atoms with Crippen molar-refractivity contribution in [2.24, 2.45) is 10.9 Å². The molecule has 4 aromatic rings. The van der Waals surface area contributed by atoms with Crippen LogP contribution >= 0.6 is 0 Å². The third-order valence-corrected chi connectivity index (χ3v) is 5.47. The van der Waals surface area contributed by atoms with Gasteiger partial charge in [-0.05, 0) is 23.6 Å². The number of nitrogens with one attached hydrogen (secondary N) is 1. The summed E-state index contributed by atoms with van der Waals surface area (Å²) < 4.78 is 1.88. The monoisotopic (exact) mass is 393 g/mol. The van der Waals surface area contributed by atoms with Crippen LogP contribution in [0.1, 0.15) is 24.4 Å². The number of hydrogen-bond acceptors (Lipinski definition) is 5. The normalized spacial score (nSPS) is 16.9. The van der Waals surface area contributed by atoms with E-state index in [0.717, 1.165) is 34.3 Å². The molecule has 7 heteroatoms. The number of allylic oxidation sites excluding steroid dienone is 1. The number of aromatic amines is 1. The number of nitriles is 1. The Morgan fingerprint density at radius 2 is 2.07 bits per heavy atom. The van der Waals surface area contributed by atoms with Gasteiger partial charge in [0, 0.05) is 41.7 Å².